The minimum Gasteiger partial charge on any atom is -0.488 e. The molecule has 1 heterocycles. The van der Waals surface area contributed by atoms with Crippen molar-refractivity contribution in [2.24, 2.45) is 5.92 Å². The second-order valence-corrected chi connectivity index (χ2v) is 8.55. The quantitative estimate of drug-likeness (QED) is 0.490. The normalized spacial score (nSPS) is 19.2. The molecule has 1 aliphatic heterocycles. The lowest BCUT2D eigenvalue weighted by Gasteiger charge is -2.37. The Hall–Kier alpha value is -3.31. The molecule has 0 aliphatic carbocycles. The molecule has 0 unspecified atom stereocenters. The molecule has 0 aromatic heterocycles. The Bertz CT molecular complexity index is 1050. The highest BCUT2D eigenvalue weighted by Gasteiger charge is 2.33. The Labute approximate surface area is 201 Å². The molecule has 11 heteroatoms. The van der Waals surface area contributed by atoms with Gasteiger partial charge in [-0.2, -0.15) is 13.2 Å². The summed E-state index contributed by atoms with van der Waals surface area (Å²) in [6.45, 7) is 4.43. The molecule has 0 bridgehead atoms. The molecule has 35 heavy (non-hydrogen) atoms. The zero-order chi connectivity index (χ0) is 25.8. The van der Waals surface area contributed by atoms with Crippen LogP contribution in [0.5, 0.6) is 5.75 Å². The number of nitrogens with one attached hydrogen (secondary N) is 3. The van der Waals surface area contributed by atoms with Crippen molar-refractivity contribution in [3.8, 4) is 5.75 Å². The standard InChI is InChI=1S/C24H29F3N4O4/c1-14-12-31(15(2)13-32)22(33)19-10-18(8-9-20(19)35-21(14)11-28-3)30-23(34)29-17-6-4-16(5-7-17)24(25,26)27/h4-10,14-15,21,28,32H,11-13H2,1-3H3,(H2,29,30,34)/t14-,15-,21+/m0/s1. The van der Waals surface area contributed by atoms with Gasteiger partial charge in [0.2, 0.25) is 0 Å². The Morgan fingerprint density at radius 3 is 2.40 bits per heavy atom. The van der Waals surface area contributed by atoms with Crippen molar-refractivity contribution >= 4 is 23.3 Å². The highest BCUT2D eigenvalue weighted by Crippen LogP contribution is 2.31. The van der Waals surface area contributed by atoms with E-state index in [1.54, 1.807) is 31.0 Å². The average Bonchev–Trinajstić information content (AvgIpc) is 2.81. The van der Waals surface area contributed by atoms with Crippen LogP contribution in [0.4, 0.5) is 29.3 Å². The van der Waals surface area contributed by atoms with Crippen molar-refractivity contribution < 1.29 is 32.6 Å². The number of aliphatic hydroxyl groups is 1. The highest BCUT2D eigenvalue weighted by atomic mass is 19.4. The third kappa shape index (κ3) is 6.43. The molecular formula is C24H29F3N4O4. The highest BCUT2D eigenvalue weighted by molar-refractivity contribution is 6.02. The van der Waals surface area contributed by atoms with E-state index >= 15 is 0 Å². The first-order valence-corrected chi connectivity index (χ1v) is 11.2. The van der Waals surface area contributed by atoms with E-state index in [9.17, 15) is 27.9 Å². The largest absolute Gasteiger partial charge is 0.488 e. The summed E-state index contributed by atoms with van der Waals surface area (Å²) < 4.78 is 44.3. The van der Waals surface area contributed by atoms with Crippen LogP contribution in [0.15, 0.2) is 42.5 Å². The van der Waals surface area contributed by atoms with Gasteiger partial charge in [0.25, 0.3) is 5.91 Å². The number of urea groups is 1. The average molecular weight is 495 g/mol. The third-order valence-electron chi connectivity index (χ3n) is 5.80. The fourth-order valence-electron chi connectivity index (χ4n) is 3.78. The van der Waals surface area contributed by atoms with Crippen LogP contribution in [-0.4, -0.2) is 60.8 Å². The predicted octanol–water partition coefficient (Wildman–Crippen LogP) is 3.79. The number of rotatable bonds is 6. The first-order chi connectivity index (χ1) is 16.5. The number of fused-ring (bicyclic) bond motifs is 1. The van der Waals surface area contributed by atoms with E-state index in [1.807, 2.05) is 6.92 Å². The van der Waals surface area contributed by atoms with Gasteiger partial charge in [0.1, 0.15) is 11.9 Å². The Morgan fingerprint density at radius 2 is 1.80 bits per heavy atom. The van der Waals surface area contributed by atoms with E-state index in [-0.39, 0.29) is 35.8 Å². The fourth-order valence-corrected chi connectivity index (χ4v) is 3.78. The summed E-state index contributed by atoms with van der Waals surface area (Å²) in [7, 11) is 1.80. The van der Waals surface area contributed by atoms with Crippen LogP contribution in [0.25, 0.3) is 0 Å². The number of likely N-dealkylation sites (N-methyl/N-ethyl adjacent to an activating group) is 1. The molecule has 0 saturated carbocycles. The molecule has 3 amide bonds. The second kappa shape index (κ2) is 11.0. The van der Waals surface area contributed by atoms with Gasteiger partial charge in [0.05, 0.1) is 23.8 Å². The molecule has 0 saturated heterocycles. The maximum atomic E-state index is 13.3. The maximum absolute atomic E-state index is 13.3. The summed E-state index contributed by atoms with van der Waals surface area (Å²) in [6.07, 6.45) is -4.70. The lowest BCUT2D eigenvalue weighted by atomic mass is 9.99. The molecule has 0 fully saturated rings. The Kier molecular flexibility index (Phi) is 8.23. The number of anilines is 2. The van der Waals surface area contributed by atoms with Gasteiger partial charge in [-0.25, -0.2) is 4.79 Å². The van der Waals surface area contributed by atoms with Crippen molar-refractivity contribution in [1.82, 2.24) is 10.2 Å². The minimum atomic E-state index is -4.47. The molecule has 3 rings (SSSR count). The monoisotopic (exact) mass is 494 g/mol. The number of carbonyl (C=O) groups is 2. The van der Waals surface area contributed by atoms with E-state index in [2.05, 4.69) is 16.0 Å². The third-order valence-corrected chi connectivity index (χ3v) is 5.80. The minimum absolute atomic E-state index is 0.0131. The van der Waals surface area contributed by atoms with Crippen LogP contribution in [0.2, 0.25) is 0 Å². The van der Waals surface area contributed by atoms with Gasteiger partial charge in [-0.1, -0.05) is 6.92 Å². The smallest absolute Gasteiger partial charge is 0.416 e. The van der Waals surface area contributed by atoms with E-state index in [0.29, 0.717) is 24.5 Å². The van der Waals surface area contributed by atoms with Gasteiger partial charge in [-0.3, -0.25) is 4.79 Å². The number of halogens is 3. The summed E-state index contributed by atoms with van der Waals surface area (Å²) in [5.41, 5.74) is -0.129. The Balaban J connectivity index is 1.82. The van der Waals surface area contributed by atoms with Crippen LogP contribution >= 0.6 is 0 Å². The molecule has 190 valence electrons. The van der Waals surface area contributed by atoms with Crippen molar-refractivity contribution in [2.75, 3.05) is 37.4 Å². The molecule has 0 spiro atoms. The van der Waals surface area contributed by atoms with E-state index < -0.39 is 23.8 Å². The van der Waals surface area contributed by atoms with Crippen molar-refractivity contribution in [3.63, 3.8) is 0 Å². The summed E-state index contributed by atoms with van der Waals surface area (Å²) in [4.78, 5) is 27.3. The van der Waals surface area contributed by atoms with Gasteiger partial charge in [-0.15, -0.1) is 0 Å². The SMILES string of the molecule is CNC[C@H]1Oc2ccc(NC(=O)Nc3ccc(C(F)(F)F)cc3)cc2C(=O)N([C@@H](C)CO)C[C@@H]1C. The lowest BCUT2D eigenvalue weighted by molar-refractivity contribution is -0.137. The zero-order valence-electron chi connectivity index (χ0n) is 19.6. The van der Waals surface area contributed by atoms with Crippen molar-refractivity contribution in [3.05, 3.63) is 53.6 Å². The molecular weight excluding hydrogens is 465 g/mol. The van der Waals surface area contributed by atoms with Crippen molar-refractivity contribution in [2.45, 2.75) is 32.2 Å². The van der Waals surface area contributed by atoms with Gasteiger partial charge < -0.3 is 30.7 Å². The van der Waals surface area contributed by atoms with Crippen LogP contribution in [0.3, 0.4) is 0 Å². The maximum Gasteiger partial charge on any atom is 0.416 e. The summed E-state index contributed by atoms with van der Waals surface area (Å²) in [5.74, 6) is -0.00499. The molecule has 0 radical (unpaired) electrons. The number of aliphatic hydroxyl groups excluding tert-OH is 1. The number of hydrogen-bond donors (Lipinski definition) is 4. The van der Waals surface area contributed by atoms with E-state index in [1.165, 1.54) is 6.07 Å². The van der Waals surface area contributed by atoms with E-state index in [0.717, 1.165) is 24.3 Å². The summed E-state index contributed by atoms with van der Waals surface area (Å²) in [6, 6.07) is 7.57. The number of ether oxygens (including phenoxy) is 1. The van der Waals surface area contributed by atoms with Crippen molar-refractivity contribution in [1.29, 1.82) is 0 Å². The number of nitrogens with zero attached hydrogens (tertiary/aromatic N) is 1. The van der Waals surface area contributed by atoms with Crippen LogP contribution in [-0.2, 0) is 6.18 Å². The fraction of sp³-hybridized carbons (Fsp3) is 0.417. The van der Waals surface area contributed by atoms with Crippen LogP contribution in [0.1, 0.15) is 29.8 Å². The first kappa shape index (κ1) is 26.3. The lowest BCUT2D eigenvalue weighted by Crippen LogP contribution is -2.49. The van der Waals surface area contributed by atoms with Crippen LogP contribution < -0.4 is 20.7 Å². The molecule has 4 N–H and O–H groups in total. The number of benzene rings is 2. The summed E-state index contributed by atoms with van der Waals surface area (Å²) in [5, 5.41) is 17.8. The number of amides is 3. The van der Waals surface area contributed by atoms with E-state index in [4.69, 9.17) is 4.74 Å². The molecule has 3 atom stereocenters. The van der Waals surface area contributed by atoms with Crippen LogP contribution in [0, 0.1) is 5.92 Å². The molecule has 1 aliphatic rings. The second-order valence-electron chi connectivity index (χ2n) is 8.55. The molecule has 8 nitrogen and oxygen atoms in total. The predicted molar refractivity (Wildman–Crippen MR) is 126 cm³/mol. The number of hydrogen-bond acceptors (Lipinski definition) is 5. The molecule has 2 aromatic carbocycles. The van der Waals surface area contributed by atoms with Gasteiger partial charge in [0, 0.05) is 30.4 Å². The first-order valence-electron chi connectivity index (χ1n) is 11.2. The summed E-state index contributed by atoms with van der Waals surface area (Å²) >= 11 is 0. The topological polar surface area (TPSA) is 103 Å². The number of carbonyl (C=O) groups excluding carboxylic acids is 2. The van der Waals surface area contributed by atoms with Gasteiger partial charge in [0.15, 0.2) is 0 Å². The van der Waals surface area contributed by atoms with Gasteiger partial charge in [-0.05, 0) is 56.4 Å². The number of alkyl halides is 3. The Morgan fingerprint density at radius 1 is 1.17 bits per heavy atom. The molecule has 2 aromatic rings. The zero-order valence-corrected chi connectivity index (χ0v) is 19.6. The van der Waals surface area contributed by atoms with Gasteiger partial charge >= 0.3 is 12.2 Å².